The lowest BCUT2D eigenvalue weighted by Crippen LogP contribution is -2.55. The van der Waals surface area contributed by atoms with Crippen molar-refractivity contribution in [2.45, 2.75) is 38.8 Å². The number of ether oxygens (including phenoxy) is 1. The second kappa shape index (κ2) is 6.84. The molecule has 0 bridgehead atoms. The molecule has 18 heavy (non-hydrogen) atoms. The van der Waals surface area contributed by atoms with E-state index in [1.807, 2.05) is 0 Å². The highest BCUT2D eigenvalue weighted by Crippen LogP contribution is 2.15. The first kappa shape index (κ1) is 17.1. The molecule has 0 aliphatic rings. The third-order valence-corrected chi connectivity index (χ3v) is 3.21. The summed E-state index contributed by atoms with van der Waals surface area (Å²) in [6, 6.07) is 0. The number of rotatable bonds is 6. The number of nitrogens with one attached hydrogen (secondary N) is 1. The molecule has 6 nitrogen and oxygen atoms in total. The summed E-state index contributed by atoms with van der Waals surface area (Å²) < 4.78 is 5.04. The van der Waals surface area contributed by atoms with Crippen molar-refractivity contribution in [2.75, 3.05) is 18.1 Å². The molecule has 0 aliphatic heterocycles. The summed E-state index contributed by atoms with van der Waals surface area (Å²) in [6.45, 7) is 7.06. The van der Waals surface area contributed by atoms with Gasteiger partial charge in [0.25, 0.3) is 0 Å². The zero-order valence-corrected chi connectivity index (χ0v) is 12.1. The number of thioether (sulfide) groups is 1. The maximum atomic E-state index is 11.6. The lowest BCUT2D eigenvalue weighted by molar-refractivity contribution is -0.143. The molecule has 0 unspecified atom stereocenters. The molecule has 7 heteroatoms. The Labute approximate surface area is 112 Å². The van der Waals surface area contributed by atoms with Crippen molar-refractivity contribution in [3.8, 4) is 0 Å². The molecule has 0 aromatic heterocycles. The van der Waals surface area contributed by atoms with E-state index in [2.05, 4.69) is 5.32 Å². The fourth-order valence-corrected chi connectivity index (χ4v) is 1.95. The van der Waals surface area contributed by atoms with E-state index in [-0.39, 0.29) is 5.75 Å². The molecule has 0 radical (unpaired) electrons. The number of alkyl carbamates (subject to hydrolysis) is 1. The molecule has 0 rings (SSSR count). The lowest BCUT2D eigenvalue weighted by Gasteiger charge is -2.28. The van der Waals surface area contributed by atoms with Crippen LogP contribution in [0.25, 0.3) is 0 Å². The van der Waals surface area contributed by atoms with Gasteiger partial charge in [-0.25, -0.2) is 9.59 Å². The predicted molar refractivity (Wildman–Crippen MR) is 71.8 cm³/mol. The Bertz CT molecular complexity index is 304. The second-order valence-electron chi connectivity index (χ2n) is 5.11. The average Bonchev–Trinajstić information content (AvgIpc) is 2.14. The van der Waals surface area contributed by atoms with Crippen molar-refractivity contribution in [3.63, 3.8) is 0 Å². The van der Waals surface area contributed by atoms with Gasteiger partial charge in [-0.05, 0) is 27.7 Å². The van der Waals surface area contributed by atoms with Crippen molar-refractivity contribution in [3.05, 3.63) is 0 Å². The molecule has 0 aliphatic carbocycles. The minimum atomic E-state index is -1.36. The monoisotopic (exact) mass is 278 g/mol. The molecule has 0 spiro atoms. The topological polar surface area (TPSA) is 102 Å². The summed E-state index contributed by atoms with van der Waals surface area (Å²) >= 11 is 1.37. The van der Waals surface area contributed by atoms with Crippen LogP contribution < -0.4 is 11.1 Å². The number of carboxylic acid groups (broad SMARTS) is 1. The fraction of sp³-hybridized carbons (Fsp3) is 0.818. The Hall–Kier alpha value is -0.950. The first-order chi connectivity index (χ1) is 8.10. The summed E-state index contributed by atoms with van der Waals surface area (Å²) in [5, 5.41) is 11.6. The van der Waals surface area contributed by atoms with E-state index in [1.54, 1.807) is 20.8 Å². The SMILES string of the molecule is CC(C)(C)OC(=O)N[C@@](C)(CSCCN)C(=O)O. The van der Waals surface area contributed by atoms with Crippen molar-refractivity contribution in [2.24, 2.45) is 5.73 Å². The summed E-state index contributed by atoms with van der Waals surface area (Å²) in [5.74, 6) is -0.227. The summed E-state index contributed by atoms with van der Waals surface area (Å²) in [5.41, 5.74) is 3.32. The second-order valence-corrected chi connectivity index (χ2v) is 6.21. The van der Waals surface area contributed by atoms with Gasteiger partial charge in [0.15, 0.2) is 0 Å². The van der Waals surface area contributed by atoms with E-state index in [1.165, 1.54) is 18.7 Å². The van der Waals surface area contributed by atoms with E-state index in [0.29, 0.717) is 12.3 Å². The van der Waals surface area contributed by atoms with Gasteiger partial charge in [0.1, 0.15) is 11.1 Å². The normalized spacial score (nSPS) is 14.7. The number of aliphatic carboxylic acids is 1. The van der Waals surface area contributed by atoms with Crippen LogP contribution in [0.15, 0.2) is 0 Å². The first-order valence-corrected chi connectivity index (χ1v) is 6.78. The number of nitrogens with two attached hydrogens (primary N) is 1. The molecule has 0 saturated heterocycles. The molecular weight excluding hydrogens is 256 g/mol. The van der Waals surface area contributed by atoms with Gasteiger partial charge in [0, 0.05) is 18.1 Å². The van der Waals surface area contributed by atoms with Crippen molar-refractivity contribution >= 4 is 23.8 Å². The van der Waals surface area contributed by atoms with Crippen LogP contribution in [0, 0.1) is 0 Å². The zero-order valence-electron chi connectivity index (χ0n) is 11.3. The van der Waals surface area contributed by atoms with Gasteiger partial charge in [-0.2, -0.15) is 11.8 Å². The quantitative estimate of drug-likeness (QED) is 0.628. The summed E-state index contributed by atoms with van der Waals surface area (Å²) in [7, 11) is 0. The largest absolute Gasteiger partial charge is 0.479 e. The van der Waals surface area contributed by atoms with Crippen LogP contribution in [0.1, 0.15) is 27.7 Å². The predicted octanol–water partition coefficient (Wildman–Crippen LogP) is 1.05. The highest BCUT2D eigenvalue weighted by Gasteiger charge is 2.36. The number of carbonyl (C=O) groups is 2. The van der Waals surface area contributed by atoms with Crippen LogP contribution >= 0.6 is 11.8 Å². The average molecular weight is 278 g/mol. The molecule has 0 heterocycles. The number of amides is 1. The minimum Gasteiger partial charge on any atom is -0.479 e. The molecule has 0 fully saturated rings. The molecule has 4 N–H and O–H groups in total. The Balaban J connectivity index is 4.51. The highest BCUT2D eigenvalue weighted by molar-refractivity contribution is 7.99. The number of hydrogen-bond acceptors (Lipinski definition) is 5. The first-order valence-electron chi connectivity index (χ1n) is 5.63. The number of carbonyl (C=O) groups excluding carboxylic acids is 1. The third-order valence-electron chi connectivity index (χ3n) is 1.90. The van der Waals surface area contributed by atoms with Gasteiger partial charge < -0.3 is 20.9 Å². The zero-order chi connectivity index (χ0) is 14.4. The summed E-state index contributed by atoms with van der Waals surface area (Å²) in [6.07, 6.45) is -0.735. The maximum Gasteiger partial charge on any atom is 0.408 e. The van der Waals surface area contributed by atoms with Gasteiger partial charge in [-0.1, -0.05) is 0 Å². The van der Waals surface area contributed by atoms with E-state index >= 15 is 0 Å². The molecule has 106 valence electrons. The standard InChI is InChI=1S/C11H22N2O4S/c1-10(2,3)17-9(16)13-11(4,8(14)15)7-18-6-5-12/h5-7,12H2,1-4H3,(H,13,16)(H,14,15)/t11-/m0/s1. The molecule has 0 saturated carbocycles. The minimum absolute atomic E-state index is 0.235. The van der Waals surface area contributed by atoms with Gasteiger partial charge in [-0.3, -0.25) is 0 Å². The van der Waals surface area contributed by atoms with Crippen LogP contribution in [-0.2, 0) is 9.53 Å². The van der Waals surface area contributed by atoms with Gasteiger partial charge in [-0.15, -0.1) is 0 Å². The van der Waals surface area contributed by atoms with Crippen LogP contribution in [0.4, 0.5) is 4.79 Å². The van der Waals surface area contributed by atoms with Crippen molar-refractivity contribution < 1.29 is 19.4 Å². The van der Waals surface area contributed by atoms with Crippen LogP contribution in [0.5, 0.6) is 0 Å². The molecule has 0 aromatic carbocycles. The Kier molecular flexibility index (Phi) is 6.48. The van der Waals surface area contributed by atoms with E-state index in [0.717, 1.165) is 0 Å². The smallest absolute Gasteiger partial charge is 0.408 e. The van der Waals surface area contributed by atoms with Crippen molar-refractivity contribution in [1.29, 1.82) is 0 Å². The van der Waals surface area contributed by atoms with Crippen molar-refractivity contribution in [1.82, 2.24) is 5.32 Å². The molecule has 1 atom stereocenters. The number of carboxylic acids is 1. The fourth-order valence-electron chi connectivity index (χ4n) is 1.04. The van der Waals surface area contributed by atoms with E-state index in [9.17, 15) is 9.59 Å². The molecule has 0 aromatic rings. The maximum absolute atomic E-state index is 11.6. The third kappa shape index (κ3) is 6.70. The van der Waals surface area contributed by atoms with Gasteiger partial charge in [0.2, 0.25) is 0 Å². The molecule has 1 amide bonds. The Morgan fingerprint density at radius 3 is 2.28 bits per heavy atom. The molecular formula is C11H22N2O4S. The lowest BCUT2D eigenvalue weighted by atomic mass is 10.1. The highest BCUT2D eigenvalue weighted by atomic mass is 32.2. The van der Waals surface area contributed by atoms with Gasteiger partial charge >= 0.3 is 12.1 Å². The Morgan fingerprint density at radius 1 is 1.33 bits per heavy atom. The number of hydrogen-bond donors (Lipinski definition) is 3. The van der Waals surface area contributed by atoms with Crippen LogP contribution in [-0.4, -0.2) is 46.4 Å². The van der Waals surface area contributed by atoms with E-state index < -0.39 is 23.2 Å². The van der Waals surface area contributed by atoms with Gasteiger partial charge in [0.05, 0.1) is 0 Å². The van der Waals surface area contributed by atoms with Crippen LogP contribution in [0.3, 0.4) is 0 Å². The van der Waals surface area contributed by atoms with Crippen LogP contribution in [0.2, 0.25) is 0 Å². The Morgan fingerprint density at radius 2 is 1.89 bits per heavy atom. The summed E-state index contributed by atoms with van der Waals surface area (Å²) in [4.78, 5) is 22.8. The van der Waals surface area contributed by atoms with E-state index in [4.69, 9.17) is 15.6 Å².